The van der Waals surface area contributed by atoms with Crippen LogP contribution < -0.4 is 11.1 Å². The first kappa shape index (κ1) is 16.8. The fourth-order valence-electron chi connectivity index (χ4n) is 2.81. The van der Waals surface area contributed by atoms with E-state index in [4.69, 9.17) is 19.6 Å². The lowest BCUT2D eigenvalue weighted by Gasteiger charge is -2.24. The van der Waals surface area contributed by atoms with Crippen molar-refractivity contribution in [1.82, 2.24) is 15.3 Å². The van der Waals surface area contributed by atoms with Crippen LogP contribution >= 0.6 is 0 Å². The summed E-state index contributed by atoms with van der Waals surface area (Å²) >= 11 is 0. The third kappa shape index (κ3) is 3.52. The first-order chi connectivity index (χ1) is 13.1. The second kappa shape index (κ2) is 6.94. The van der Waals surface area contributed by atoms with E-state index < -0.39 is 5.91 Å². The number of allylic oxidation sites excluding steroid dienone is 2. The third-order valence-electron chi connectivity index (χ3n) is 3.96. The Bertz CT molecular complexity index is 979. The Labute approximate surface area is 153 Å². The molecule has 1 amide bonds. The number of amides is 1. The van der Waals surface area contributed by atoms with E-state index in [9.17, 15) is 9.18 Å². The molecular formula is C18H15FN4O4. The number of nitrogens with one attached hydrogen (secondary N) is 1. The van der Waals surface area contributed by atoms with Crippen molar-refractivity contribution in [2.24, 2.45) is 0 Å². The highest BCUT2D eigenvalue weighted by atomic mass is 19.1. The summed E-state index contributed by atoms with van der Waals surface area (Å²) in [5.41, 5.74) is 7.26. The molecule has 9 heteroatoms. The van der Waals surface area contributed by atoms with Gasteiger partial charge >= 0.3 is 0 Å². The number of ether oxygens (including phenoxy) is 2. The molecule has 0 saturated carbocycles. The number of carbonyl (C=O) groups excluding carboxylic acids is 1. The number of carbonyl (C=O) groups is 1. The topological polar surface area (TPSA) is 112 Å². The summed E-state index contributed by atoms with van der Waals surface area (Å²) in [4.78, 5) is 20.5. The average molecular weight is 370 g/mol. The van der Waals surface area contributed by atoms with E-state index in [1.165, 1.54) is 24.7 Å². The van der Waals surface area contributed by atoms with Crippen LogP contribution in [-0.4, -0.2) is 29.2 Å². The van der Waals surface area contributed by atoms with Crippen LogP contribution in [0.4, 0.5) is 10.3 Å². The lowest BCUT2D eigenvalue weighted by atomic mass is 9.99. The Morgan fingerprint density at radius 2 is 2.26 bits per heavy atom. The second-order valence-corrected chi connectivity index (χ2v) is 5.85. The van der Waals surface area contributed by atoms with Crippen LogP contribution in [-0.2, 0) is 9.47 Å². The van der Waals surface area contributed by atoms with Crippen LogP contribution in [0.1, 0.15) is 16.9 Å². The highest BCUT2D eigenvalue weighted by Crippen LogP contribution is 2.32. The lowest BCUT2D eigenvalue weighted by molar-refractivity contribution is 0.0125. The van der Waals surface area contributed by atoms with Crippen molar-refractivity contribution in [2.75, 3.05) is 19.1 Å². The summed E-state index contributed by atoms with van der Waals surface area (Å²) in [6, 6.07) is 4.86. The molecular weight excluding hydrogens is 355 g/mol. The van der Waals surface area contributed by atoms with Gasteiger partial charge in [0, 0.05) is 24.1 Å². The zero-order valence-electron chi connectivity index (χ0n) is 14.1. The summed E-state index contributed by atoms with van der Waals surface area (Å²) < 4.78 is 29.6. The van der Waals surface area contributed by atoms with E-state index in [1.54, 1.807) is 12.1 Å². The van der Waals surface area contributed by atoms with Crippen LogP contribution in [0.15, 0.2) is 63.9 Å². The Morgan fingerprint density at radius 1 is 1.37 bits per heavy atom. The van der Waals surface area contributed by atoms with E-state index in [2.05, 4.69) is 15.3 Å². The summed E-state index contributed by atoms with van der Waals surface area (Å²) in [7, 11) is 0. The molecule has 0 aromatic carbocycles. The number of hydrogen-bond acceptors (Lipinski definition) is 7. The van der Waals surface area contributed by atoms with E-state index in [0.29, 0.717) is 28.4 Å². The minimum absolute atomic E-state index is 0.0424. The molecule has 2 aromatic heterocycles. The van der Waals surface area contributed by atoms with Gasteiger partial charge in [-0.3, -0.25) is 4.79 Å². The fourth-order valence-corrected chi connectivity index (χ4v) is 2.81. The number of rotatable bonds is 4. The number of nitrogen functional groups attached to an aromatic ring is 1. The predicted molar refractivity (Wildman–Crippen MR) is 92.4 cm³/mol. The maximum absolute atomic E-state index is 13.8. The quantitative estimate of drug-likeness (QED) is 0.850. The molecule has 0 radical (unpaired) electrons. The zero-order valence-corrected chi connectivity index (χ0v) is 14.1. The van der Waals surface area contributed by atoms with Crippen molar-refractivity contribution in [1.29, 1.82) is 0 Å². The van der Waals surface area contributed by atoms with Gasteiger partial charge in [0.1, 0.15) is 23.0 Å². The summed E-state index contributed by atoms with van der Waals surface area (Å²) in [5.74, 6) is 0.0987. The highest BCUT2D eigenvalue weighted by Gasteiger charge is 2.23. The Morgan fingerprint density at radius 3 is 3.07 bits per heavy atom. The average Bonchev–Trinajstić information content (AvgIpc) is 3.20. The van der Waals surface area contributed by atoms with Gasteiger partial charge in [-0.1, -0.05) is 0 Å². The molecule has 0 atom stereocenters. The number of anilines is 1. The van der Waals surface area contributed by atoms with Crippen LogP contribution in [0, 0.1) is 0 Å². The van der Waals surface area contributed by atoms with Gasteiger partial charge in [-0.05, 0) is 24.3 Å². The van der Waals surface area contributed by atoms with Crippen molar-refractivity contribution in [3.63, 3.8) is 0 Å². The molecule has 4 rings (SSSR count). The van der Waals surface area contributed by atoms with Crippen molar-refractivity contribution in [2.45, 2.75) is 6.42 Å². The molecule has 0 unspecified atom stereocenters. The van der Waals surface area contributed by atoms with Gasteiger partial charge in [-0.2, -0.15) is 0 Å². The van der Waals surface area contributed by atoms with Gasteiger partial charge in [0.2, 0.25) is 12.7 Å². The first-order valence-electron chi connectivity index (χ1n) is 8.10. The molecule has 3 heterocycles. The number of nitrogens with two attached hydrogens (primary N) is 1. The molecule has 0 bridgehead atoms. The molecule has 8 nitrogen and oxygen atoms in total. The number of aromatic nitrogens is 2. The SMILES string of the molecule is Nc1nc(C(=O)NCC2=C3OCOC=C3CC(F)=C2)cc(-c2ccco2)n1. The van der Waals surface area contributed by atoms with Gasteiger partial charge in [0.05, 0.1) is 12.5 Å². The van der Waals surface area contributed by atoms with Gasteiger partial charge in [0.25, 0.3) is 5.91 Å². The second-order valence-electron chi connectivity index (χ2n) is 5.85. The minimum atomic E-state index is -0.484. The largest absolute Gasteiger partial charge is 0.465 e. The van der Waals surface area contributed by atoms with Crippen molar-refractivity contribution in [3.8, 4) is 11.5 Å². The molecule has 0 saturated heterocycles. The molecule has 2 aromatic rings. The number of fused-ring (bicyclic) bond motifs is 1. The standard InChI is InChI=1S/C18H15FN4O4/c19-12-4-10(16-11(5-12)8-25-9-27-16)7-21-17(24)14-6-13(22-18(20)23-14)15-2-1-3-26-15/h1-4,6,8H,5,7,9H2,(H,21,24)(H2,20,22,23). The summed E-state index contributed by atoms with van der Waals surface area (Å²) in [6.07, 6.45) is 4.40. The van der Waals surface area contributed by atoms with E-state index in [0.717, 1.165) is 0 Å². The van der Waals surface area contributed by atoms with Gasteiger partial charge < -0.3 is 24.9 Å². The summed E-state index contributed by atoms with van der Waals surface area (Å²) in [6.45, 7) is 0.0968. The number of nitrogens with zero attached hydrogens (tertiary/aromatic N) is 2. The van der Waals surface area contributed by atoms with E-state index in [1.807, 2.05) is 0 Å². The summed E-state index contributed by atoms with van der Waals surface area (Å²) in [5, 5.41) is 2.69. The monoisotopic (exact) mass is 370 g/mol. The van der Waals surface area contributed by atoms with E-state index in [-0.39, 0.29) is 37.2 Å². The molecule has 2 aliphatic rings. The normalized spacial score (nSPS) is 15.9. The smallest absolute Gasteiger partial charge is 0.270 e. The Balaban J connectivity index is 1.54. The van der Waals surface area contributed by atoms with Gasteiger partial charge in [0.15, 0.2) is 5.76 Å². The predicted octanol–water partition coefficient (Wildman–Crippen LogP) is 2.45. The molecule has 27 heavy (non-hydrogen) atoms. The number of halogens is 1. The van der Waals surface area contributed by atoms with Crippen molar-refractivity contribution in [3.05, 3.63) is 65.2 Å². The molecule has 0 spiro atoms. The lowest BCUT2D eigenvalue weighted by Crippen LogP contribution is -2.28. The van der Waals surface area contributed by atoms with Crippen LogP contribution in [0.25, 0.3) is 11.5 Å². The van der Waals surface area contributed by atoms with Gasteiger partial charge in [-0.25, -0.2) is 14.4 Å². The fraction of sp³-hybridized carbons (Fsp3) is 0.167. The third-order valence-corrected chi connectivity index (χ3v) is 3.96. The minimum Gasteiger partial charge on any atom is -0.465 e. The zero-order chi connectivity index (χ0) is 18.8. The maximum Gasteiger partial charge on any atom is 0.270 e. The first-order valence-corrected chi connectivity index (χ1v) is 8.10. The number of furan rings is 1. The Kier molecular flexibility index (Phi) is 4.33. The van der Waals surface area contributed by atoms with Crippen LogP contribution in [0.3, 0.4) is 0 Å². The van der Waals surface area contributed by atoms with Crippen molar-refractivity contribution < 1.29 is 23.1 Å². The maximum atomic E-state index is 13.8. The van der Waals surface area contributed by atoms with Gasteiger partial charge in [-0.15, -0.1) is 0 Å². The van der Waals surface area contributed by atoms with E-state index >= 15 is 0 Å². The molecule has 138 valence electrons. The molecule has 3 N–H and O–H groups in total. The van der Waals surface area contributed by atoms with Crippen molar-refractivity contribution >= 4 is 11.9 Å². The number of hydrogen-bond donors (Lipinski definition) is 2. The van der Waals surface area contributed by atoms with Crippen LogP contribution in [0.2, 0.25) is 0 Å². The highest BCUT2D eigenvalue weighted by molar-refractivity contribution is 5.93. The molecule has 0 fully saturated rings. The molecule has 1 aliphatic carbocycles. The molecule has 1 aliphatic heterocycles. The van der Waals surface area contributed by atoms with Crippen LogP contribution in [0.5, 0.6) is 0 Å². The Hall–Kier alpha value is -3.62.